The van der Waals surface area contributed by atoms with E-state index in [1.54, 1.807) is 30.0 Å². The maximum atomic E-state index is 11.7. The van der Waals surface area contributed by atoms with Crippen LogP contribution in [0.4, 0.5) is 0 Å². The second kappa shape index (κ2) is 6.85. The van der Waals surface area contributed by atoms with Crippen LogP contribution in [0.3, 0.4) is 0 Å². The molecule has 0 radical (unpaired) electrons. The van der Waals surface area contributed by atoms with E-state index in [1.807, 2.05) is 6.07 Å². The lowest BCUT2D eigenvalue weighted by atomic mass is 10.2. The Morgan fingerprint density at radius 1 is 1.38 bits per heavy atom. The van der Waals surface area contributed by atoms with E-state index in [0.717, 1.165) is 5.56 Å². The number of esters is 1. The van der Waals surface area contributed by atoms with E-state index in [2.05, 4.69) is 10.3 Å². The minimum absolute atomic E-state index is 0.180. The van der Waals surface area contributed by atoms with Crippen LogP contribution in [0.2, 0.25) is 0 Å². The van der Waals surface area contributed by atoms with Crippen molar-refractivity contribution in [3.63, 3.8) is 0 Å². The highest BCUT2D eigenvalue weighted by Crippen LogP contribution is 2.15. The van der Waals surface area contributed by atoms with Gasteiger partial charge in [-0.15, -0.1) is 5.10 Å². The number of aromatic nitrogens is 3. The van der Waals surface area contributed by atoms with E-state index in [0.29, 0.717) is 25.3 Å². The topological polar surface area (TPSA) is 86.5 Å². The average Bonchev–Trinajstić information content (AvgIpc) is 2.87. The molecule has 1 N–H and O–H groups in total. The zero-order valence-electron chi connectivity index (χ0n) is 11.9. The number of aromatic hydroxyl groups is 1. The Hall–Kier alpha value is -2.41. The molecule has 0 unspecified atom stereocenters. The number of phenols is 1. The van der Waals surface area contributed by atoms with Gasteiger partial charge in [0, 0.05) is 13.5 Å². The van der Waals surface area contributed by atoms with Crippen molar-refractivity contribution in [3.05, 3.63) is 41.2 Å². The molecule has 0 bridgehead atoms. The largest absolute Gasteiger partial charge is 0.508 e. The normalized spacial score (nSPS) is 10.6. The lowest BCUT2D eigenvalue weighted by Gasteiger charge is -2.07. The second-order valence-corrected chi connectivity index (χ2v) is 4.45. The van der Waals surface area contributed by atoms with Gasteiger partial charge in [0.15, 0.2) is 5.69 Å². The third-order valence-electron chi connectivity index (χ3n) is 3.00. The van der Waals surface area contributed by atoms with E-state index in [9.17, 15) is 9.90 Å². The lowest BCUT2D eigenvalue weighted by Crippen LogP contribution is -2.12. The molecule has 21 heavy (non-hydrogen) atoms. The summed E-state index contributed by atoms with van der Waals surface area (Å²) < 4.78 is 11.4. The first kappa shape index (κ1) is 15.0. The van der Waals surface area contributed by atoms with Gasteiger partial charge >= 0.3 is 5.97 Å². The Morgan fingerprint density at radius 3 is 2.86 bits per heavy atom. The fourth-order valence-corrected chi connectivity index (χ4v) is 1.99. The first-order chi connectivity index (χ1) is 10.2. The Morgan fingerprint density at radius 2 is 2.19 bits per heavy atom. The molecule has 0 saturated carbocycles. The van der Waals surface area contributed by atoms with Gasteiger partial charge in [0.2, 0.25) is 0 Å². The van der Waals surface area contributed by atoms with E-state index in [1.165, 1.54) is 7.11 Å². The van der Waals surface area contributed by atoms with Gasteiger partial charge in [0.25, 0.3) is 0 Å². The fourth-order valence-electron chi connectivity index (χ4n) is 1.99. The van der Waals surface area contributed by atoms with Crippen molar-refractivity contribution in [2.45, 2.75) is 13.0 Å². The molecular weight excluding hydrogens is 274 g/mol. The first-order valence-electron chi connectivity index (χ1n) is 6.43. The fraction of sp³-hybridized carbons (Fsp3) is 0.357. The zero-order chi connectivity index (χ0) is 15.2. The number of rotatable bonds is 6. The van der Waals surface area contributed by atoms with E-state index in [4.69, 9.17) is 9.47 Å². The molecule has 112 valence electrons. The van der Waals surface area contributed by atoms with Gasteiger partial charge in [0.1, 0.15) is 5.75 Å². The predicted octanol–water partition coefficient (Wildman–Crippen LogP) is 1.01. The molecule has 0 aliphatic heterocycles. The minimum Gasteiger partial charge on any atom is -0.508 e. The molecule has 7 heteroatoms. The molecule has 0 spiro atoms. The van der Waals surface area contributed by atoms with Crippen LogP contribution < -0.4 is 0 Å². The summed E-state index contributed by atoms with van der Waals surface area (Å²) in [6, 6.07) is 6.84. The molecule has 0 atom stereocenters. The predicted molar refractivity (Wildman–Crippen MR) is 74.2 cm³/mol. The number of methoxy groups -OCH3 is 2. The summed E-state index contributed by atoms with van der Waals surface area (Å²) in [5.74, 6) is -0.345. The zero-order valence-corrected chi connectivity index (χ0v) is 11.9. The van der Waals surface area contributed by atoms with Crippen LogP contribution in [0.5, 0.6) is 5.75 Å². The Bertz CT molecular complexity index is 624. The monoisotopic (exact) mass is 291 g/mol. The van der Waals surface area contributed by atoms with Crippen molar-refractivity contribution < 1.29 is 19.4 Å². The molecular formula is C14H17N3O4. The number of benzene rings is 1. The summed E-state index contributed by atoms with van der Waals surface area (Å²) in [6.45, 7) is 0.842. The molecule has 2 rings (SSSR count). The highest BCUT2D eigenvalue weighted by Gasteiger charge is 2.20. The maximum Gasteiger partial charge on any atom is 0.360 e. The second-order valence-electron chi connectivity index (χ2n) is 4.45. The maximum absolute atomic E-state index is 11.7. The molecule has 1 aromatic heterocycles. The quantitative estimate of drug-likeness (QED) is 0.799. The molecule has 0 amide bonds. The summed E-state index contributed by atoms with van der Waals surface area (Å²) in [5.41, 5.74) is 1.69. The molecule has 0 fully saturated rings. The first-order valence-corrected chi connectivity index (χ1v) is 6.43. The SMILES string of the molecule is COCCc1c(C(=O)OC)nnn1Cc1cccc(O)c1. The average molecular weight is 291 g/mol. The van der Waals surface area contributed by atoms with Crippen LogP contribution in [0.25, 0.3) is 0 Å². The van der Waals surface area contributed by atoms with Gasteiger partial charge in [0.05, 0.1) is 26.0 Å². The minimum atomic E-state index is -0.525. The molecule has 7 nitrogen and oxygen atoms in total. The number of hydrogen-bond donors (Lipinski definition) is 1. The van der Waals surface area contributed by atoms with Gasteiger partial charge in [-0.25, -0.2) is 9.48 Å². The van der Waals surface area contributed by atoms with Gasteiger partial charge < -0.3 is 14.6 Å². The number of phenolic OH excluding ortho intramolecular Hbond substituents is 1. The van der Waals surface area contributed by atoms with Gasteiger partial charge in [-0.2, -0.15) is 0 Å². The standard InChI is InChI=1S/C14H17N3O4/c1-20-7-6-12-13(14(19)21-2)15-16-17(12)9-10-4-3-5-11(18)8-10/h3-5,8,18H,6-7,9H2,1-2H3. The number of nitrogens with zero attached hydrogens (tertiary/aromatic N) is 3. The van der Waals surface area contributed by atoms with Gasteiger partial charge in [-0.1, -0.05) is 17.3 Å². The van der Waals surface area contributed by atoms with Crippen molar-refractivity contribution in [3.8, 4) is 5.75 Å². The van der Waals surface area contributed by atoms with Crippen molar-refractivity contribution in [1.29, 1.82) is 0 Å². The molecule has 1 heterocycles. The Kier molecular flexibility index (Phi) is 4.89. The van der Waals surface area contributed by atoms with E-state index in [-0.39, 0.29) is 11.4 Å². The highest BCUT2D eigenvalue weighted by atomic mass is 16.5. The van der Waals surface area contributed by atoms with Gasteiger partial charge in [-0.3, -0.25) is 0 Å². The van der Waals surface area contributed by atoms with Crippen LogP contribution in [-0.4, -0.2) is 46.9 Å². The summed E-state index contributed by atoms with van der Waals surface area (Å²) in [6.07, 6.45) is 0.493. The number of hydrogen-bond acceptors (Lipinski definition) is 6. The van der Waals surface area contributed by atoms with Crippen molar-refractivity contribution in [2.24, 2.45) is 0 Å². The summed E-state index contributed by atoms with van der Waals surface area (Å²) >= 11 is 0. The lowest BCUT2D eigenvalue weighted by molar-refractivity contribution is 0.0592. The third kappa shape index (κ3) is 3.57. The van der Waals surface area contributed by atoms with E-state index < -0.39 is 5.97 Å². The molecule has 1 aromatic carbocycles. The third-order valence-corrected chi connectivity index (χ3v) is 3.00. The highest BCUT2D eigenvalue weighted by molar-refractivity contribution is 5.88. The Labute approximate surface area is 122 Å². The van der Waals surface area contributed by atoms with Crippen molar-refractivity contribution in [2.75, 3.05) is 20.8 Å². The number of ether oxygens (including phenoxy) is 2. The molecule has 0 aliphatic rings. The van der Waals surface area contributed by atoms with Crippen LogP contribution in [0, 0.1) is 0 Å². The summed E-state index contributed by atoms with van der Waals surface area (Å²) in [5, 5.41) is 17.4. The Balaban J connectivity index is 2.29. The van der Waals surface area contributed by atoms with Crippen LogP contribution >= 0.6 is 0 Å². The van der Waals surface area contributed by atoms with Crippen LogP contribution in [0.1, 0.15) is 21.7 Å². The smallest absolute Gasteiger partial charge is 0.360 e. The summed E-state index contributed by atoms with van der Waals surface area (Å²) in [4.78, 5) is 11.7. The number of carbonyl (C=O) groups excluding carboxylic acids is 1. The molecule has 2 aromatic rings. The van der Waals surface area contributed by atoms with Crippen molar-refractivity contribution in [1.82, 2.24) is 15.0 Å². The van der Waals surface area contributed by atoms with E-state index >= 15 is 0 Å². The van der Waals surface area contributed by atoms with Crippen LogP contribution in [-0.2, 0) is 22.4 Å². The van der Waals surface area contributed by atoms with Gasteiger partial charge in [-0.05, 0) is 17.7 Å². The number of carbonyl (C=O) groups is 1. The molecule has 0 saturated heterocycles. The summed E-state index contributed by atoms with van der Waals surface area (Å²) in [7, 11) is 2.89. The molecule has 0 aliphatic carbocycles. The van der Waals surface area contributed by atoms with Crippen LogP contribution in [0.15, 0.2) is 24.3 Å². The van der Waals surface area contributed by atoms with Crippen molar-refractivity contribution >= 4 is 5.97 Å².